The molecule has 1 spiro atoms. The summed E-state index contributed by atoms with van der Waals surface area (Å²) in [6, 6.07) is 0.674. The molecule has 1 saturated carbocycles. The maximum Gasteiger partial charge on any atom is 0.0593 e. The Morgan fingerprint density at radius 2 is 1.95 bits per heavy atom. The summed E-state index contributed by atoms with van der Waals surface area (Å²) in [5, 5.41) is 3.91. The normalized spacial score (nSPS) is 27.3. The average molecular weight is 282 g/mol. The molecular formula is C17H34N2O. The second-order valence-corrected chi connectivity index (χ2v) is 7.12. The van der Waals surface area contributed by atoms with Gasteiger partial charge in [0, 0.05) is 37.8 Å². The first kappa shape index (κ1) is 16.3. The van der Waals surface area contributed by atoms with E-state index in [1.165, 1.54) is 38.6 Å². The lowest BCUT2D eigenvalue weighted by Crippen LogP contribution is -2.66. The molecule has 20 heavy (non-hydrogen) atoms. The van der Waals surface area contributed by atoms with Crippen molar-refractivity contribution in [2.45, 2.75) is 70.9 Å². The van der Waals surface area contributed by atoms with E-state index in [1.54, 1.807) is 0 Å². The highest BCUT2D eigenvalue weighted by Crippen LogP contribution is 2.32. The van der Waals surface area contributed by atoms with E-state index >= 15 is 0 Å². The number of hydrogen-bond acceptors (Lipinski definition) is 3. The Balaban J connectivity index is 1.90. The Bertz CT molecular complexity index is 274. The van der Waals surface area contributed by atoms with Crippen LogP contribution < -0.4 is 5.32 Å². The molecule has 0 amide bonds. The topological polar surface area (TPSA) is 24.5 Å². The molecule has 1 saturated heterocycles. The summed E-state index contributed by atoms with van der Waals surface area (Å²) >= 11 is 0. The Kier molecular flexibility index (Phi) is 6.31. The highest BCUT2D eigenvalue weighted by atomic mass is 16.5. The lowest BCUT2D eigenvalue weighted by molar-refractivity contribution is 0.0128. The van der Waals surface area contributed by atoms with E-state index in [-0.39, 0.29) is 0 Å². The van der Waals surface area contributed by atoms with Crippen molar-refractivity contribution in [1.82, 2.24) is 10.2 Å². The molecule has 2 rings (SSSR count). The van der Waals surface area contributed by atoms with Crippen LogP contribution in [0, 0.1) is 5.92 Å². The van der Waals surface area contributed by atoms with Crippen LogP contribution in [0.5, 0.6) is 0 Å². The van der Waals surface area contributed by atoms with Crippen molar-refractivity contribution < 1.29 is 4.74 Å². The van der Waals surface area contributed by atoms with E-state index in [0.717, 1.165) is 38.6 Å². The molecule has 0 radical (unpaired) electrons. The maximum absolute atomic E-state index is 5.73. The predicted octanol–water partition coefficient (Wildman–Crippen LogP) is 3.05. The number of hydrogen-bond donors (Lipinski definition) is 1. The first-order valence-electron chi connectivity index (χ1n) is 8.74. The summed E-state index contributed by atoms with van der Waals surface area (Å²) in [4.78, 5) is 2.71. The van der Waals surface area contributed by atoms with Crippen molar-refractivity contribution in [1.29, 1.82) is 0 Å². The van der Waals surface area contributed by atoms with Gasteiger partial charge in [-0.1, -0.05) is 40.0 Å². The Labute approximate surface area is 125 Å². The average Bonchev–Trinajstić information content (AvgIpc) is 2.44. The van der Waals surface area contributed by atoms with Gasteiger partial charge in [0.25, 0.3) is 0 Å². The molecule has 1 unspecified atom stereocenters. The molecule has 2 aliphatic rings. The summed E-state index contributed by atoms with van der Waals surface area (Å²) in [5.74, 6) is 0.717. The predicted molar refractivity (Wildman–Crippen MR) is 85.1 cm³/mol. The van der Waals surface area contributed by atoms with E-state index < -0.39 is 0 Å². The second kappa shape index (κ2) is 7.77. The van der Waals surface area contributed by atoms with Crippen LogP contribution in [0.15, 0.2) is 0 Å². The van der Waals surface area contributed by atoms with Gasteiger partial charge in [0.15, 0.2) is 0 Å². The van der Waals surface area contributed by atoms with Crippen LogP contribution in [0.4, 0.5) is 0 Å². The number of ether oxygens (including phenoxy) is 1. The Hall–Kier alpha value is -0.120. The van der Waals surface area contributed by atoms with E-state index in [4.69, 9.17) is 4.74 Å². The smallest absolute Gasteiger partial charge is 0.0593 e. The van der Waals surface area contributed by atoms with Crippen molar-refractivity contribution >= 4 is 0 Å². The largest absolute Gasteiger partial charge is 0.380 e. The van der Waals surface area contributed by atoms with Crippen molar-refractivity contribution in [3.8, 4) is 0 Å². The van der Waals surface area contributed by atoms with Crippen LogP contribution in [-0.4, -0.2) is 49.3 Å². The van der Waals surface area contributed by atoms with Gasteiger partial charge in [-0.3, -0.25) is 4.90 Å². The van der Waals surface area contributed by atoms with Crippen molar-refractivity contribution in [3.63, 3.8) is 0 Å². The Morgan fingerprint density at radius 3 is 2.60 bits per heavy atom. The fraction of sp³-hybridized carbons (Fsp3) is 1.00. The molecule has 1 heterocycles. The summed E-state index contributed by atoms with van der Waals surface area (Å²) in [5.41, 5.74) is 0.411. The van der Waals surface area contributed by atoms with Gasteiger partial charge in [0.1, 0.15) is 0 Å². The van der Waals surface area contributed by atoms with Crippen molar-refractivity contribution in [3.05, 3.63) is 0 Å². The molecule has 0 aromatic carbocycles. The minimum Gasteiger partial charge on any atom is -0.380 e. The number of nitrogens with one attached hydrogen (secondary N) is 1. The molecule has 3 heteroatoms. The highest BCUT2D eigenvalue weighted by molar-refractivity contribution is 5.00. The van der Waals surface area contributed by atoms with Gasteiger partial charge in [0.05, 0.1) is 6.61 Å². The fourth-order valence-corrected chi connectivity index (χ4v) is 3.91. The minimum atomic E-state index is 0.411. The van der Waals surface area contributed by atoms with E-state index in [2.05, 4.69) is 31.0 Å². The van der Waals surface area contributed by atoms with Gasteiger partial charge in [0.2, 0.25) is 0 Å². The molecule has 1 aliphatic carbocycles. The molecule has 0 aromatic heterocycles. The molecule has 118 valence electrons. The number of piperazine rings is 1. The minimum absolute atomic E-state index is 0.411. The van der Waals surface area contributed by atoms with Gasteiger partial charge in [-0.15, -0.1) is 0 Å². The maximum atomic E-state index is 5.73. The quantitative estimate of drug-likeness (QED) is 0.758. The van der Waals surface area contributed by atoms with Gasteiger partial charge in [-0.2, -0.15) is 0 Å². The lowest BCUT2D eigenvalue weighted by atomic mass is 9.78. The van der Waals surface area contributed by atoms with Crippen LogP contribution in [0.1, 0.15) is 59.3 Å². The molecule has 3 nitrogen and oxygen atoms in total. The van der Waals surface area contributed by atoms with Crippen LogP contribution in [0.3, 0.4) is 0 Å². The zero-order valence-corrected chi connectivity index (χ0v) is 13.8. The van der Waals surface area contributed by atoms with Gasteiger partial charge in [-0.25, -0.2) is 0 Å². The van der Waals surface area contributed by atoms with Crippen LogP contribution in [0.2, 0.25) is 0 Å². The third-order valence-corrected chi connectivity index (χ3v) is 5.11. The van der Waals surface area contributed by atoms with Gasteiger partial charge >= 0.3 is 0 Å². The van der Waals surface area contributed by atoms with E-state index in [9.17, 15) is 0 Å². The third-order valence-electron chi connectivity index (χ3n) is 5.11. The summed E-state index contributed by atoms with van der Waals surface area (Å²) in [7, 11) is 0. The van der Waals surface area contributed by atoms with Crippen molar-refractivity contribution in [2.75, 3.05) is 32.8 Å². The summed E-state index contributed by atoms with van der Waals surface area (Å²) in [6.07, 6.45) is 8.09. The zero-order chi connectivity index (χ0) is 14.4. The number of rotatable bonds is 6. The summed E-state index contributed by atoms with van der Waals surface area (Å²) < 4.78 is 5.73. The zero-order valence-electron chi connectivity index (χ0n) is 13.8. The second-order valence-electron chi connectivity index (χ2n) is 7.12. The standard InChI is InChI=1S/C17H34N2O/c1-4-11-20-12-10-19-14-17(8-6-5-7-9-17)18-13-16(19)15(2)3/h15-16,18H,4-14H2,1-3H3. The van der Waals surface area contributed by atoms with E-state index in [0.29, 0.717) is 11.6 Å². The van der Waals surface area contributed by atoms with Crippen LogP contribution in [-0.2, 0) is 4.74 Å². The molecular weight excluding hydrogens is 248 g/mol. The summed E-state index contributed by atoms with van der Waals surface area (Å²) in [6.45, 7) is 12.2. The molecule has 0 aromatic rings. The molecule has 1 atom stereocenters. The lowest BCUT2D eigenvalue weighted by Gasteiger charge is -2.51. The molecule has 0 bridgehead atoms. The molecule has 1 N–H and O–H groups in total. The van der Waals surface area contributed by atoms with Crippen LogP contribution >= 0.6 is 0 Å². The Morgan fingerprint density at radius 1 is 1.20 bits per heavy atom. The number of nitrogens with zero attached hydrogens (tertiary/aromatic N) is 1. The molecule has 2 fully saturated rings. The fourth-order valence-electron chi connectivity index (χ4n) is 3.91. The molecule has 1 aliphatic heterocycles. The monoisotopic (exact) mass is 282 g/mol. The van der Waals surface area contributed by atoms with E-state index in [1.807, 2.05) is 0 Å². The first-order chi connectivity index (χ1) is 9.67. The third kappa shape index (κ3) is 4.19. The van der Waals surface area contributed by atoms with Crippen LogP contribution in [0.25, 0.3) is 0 Å². The highest BCUT2D eigenvalue weighted by Gasteiger charge is 2.40. The van der Waals surface area contributed by atoms with Gasteiger partial charge in [-0.05, 0) is 25.2 Å². The SMILES string of the molecule is CCCOCCN1CC2(CCCCC2)NCC1C(C)C. The van der Waals surface area contributed by atoms with Crippen molar-refractivity contribution in [2.24, 2.45) is 5.92 Å². The first-order valence-corrected chi connectivity index (χ1v) is 8.74. The van der Waals surface area contributed by atoms with Gasteiger partial charge < -0.3 is 10.1 Å².